The lowest BCUT2D eigenvalue weighted by molar-refractivity contribution is -0.140. The van der Waals surface area contributed by atoms with Crippen LogP contribution < -0.4 is 0 Å². The summed E-state index contributed by atoms with van der Waals surface area (Å²) >= 11 is 0. The average Bonchev–Trinajstić information content (AvgIpc) is 3.09. The van der Waals surface area contributed by atoms with Crippen LogP contribution >= 0.6 is 0 Å². The Kier molecular flexibility index (Phi) is 4.95. The fraction of sp³-hybridized carbons (Fsp3) is 0.450. The van der Waals surface area contributed by atoms with Gasteiger partial charge in [-0.2, -0.15) is 0 Å². The van der Waals surface area contributed by atoms with Crippen LogP contribution in [0.15, 0.2) is 24.5 Å². The molecule has 1 fully saturated rings. The van der Waals surface area contributed by atoms with Crippen molar-refractivity contribution in [1.29, 1.82) is 0 Å². The lowest BCUT2D eigenvalue weighted by atomic mass is 9.94. The second-order valence-electron chi connectivity index (χ2n) is 7.93. The summed E-state index contributed by atoms with van der Waals surface area (Å²) in [6.07, 6.45) is 4.62. The van der Waals surface area contributed by atoms with Gasteiger partial charge in [0, 0.05) is 35.6 Å². The largest absolute Gasteiger partial charge is 0.478 e. The van der Waals surface area contributed by atoms with Gasteiger partial charge in [-0.15, -0.1) is 0 Å². The number of carbonyl (C=O) groups is 2. The number of carboxylic acids is 1. The van der Waals surface area contributed by atoms with Gasteiger partial charge in [-0.3, -0.25) is 9.78 Å². The first-order valence-electron chi connectivity index (χ1n) is 9.02. The Balaban J connectivity index is 2.00. The van der Waals surface area contributed by atoms with Crippen LogP contribution in [0.1, 0.15) is 61.5 Å². The summed E-state index contributed by atoms with van der Waals surface area (Å²) in [6, 6.07) is 3.19. The zero-order chi connectivity index (χ0) is 19.8. The van der Waals surface area contributed by atoms with E-state index in [9.17, 15) is 14.7 Å². The number of carboxylic acid groups (broad SMARTS) is 1. The van der Waals surface area contributed by atoms with E-state index < -0.39 is 11.4 Å². The molecular formula is C20H24N4O3. The van der Waals surface area contributed by atoms with E-state index in [1.165, 1.54) is 6.20 Å². The van der Waals surface area contributed by atoms with E-state index >= 15 is 0 Å². The van der Waals surface area contributed by atoms with Crippen LogP contribution in [0.2, 0.25) is 0 Å². The smallest absolute Gasteiger partial charge is 0.337 e. The van der Waals surface area contributed by atoms with Gasteiger partial charge in [-0.05, 0) is 31.9 Å². The van der Waals surface area contributed by atoms with Gasteiger partial charge in [-0.1, -0.05) is 20.8 Å². The SMILES string of the molecule is Cc1cc(-c2cncc(C(=O)O)c2)nc(C2CCCN2C(=O)C(C)(C)C)n1. The number of carbonyl (C=O) groups excluding carboxylic acids is 1. The van der Waals surface area contributed by atoms with E-state index in [0.717, 1.165) is 18.5 Å². The van der Waals surface area contributed by atoms with Crippen LogP contribution in [0.4, 0.5) is 0 Å². The van der Waals surface area contributed by atoms with E-state index in [4.69, 9.17) is 0 Å². The van der Waals surface area contributed by atoms with Crippen molar-refractivity contribution in [2.45, 2.75) is 46.6 Å². The Morgan fingerprint density at radius 3 is 2.59 bits per heavy atom. The Morgan fingerprint density at radius 1 is 1.19 bits per heavy atom. The Bertz CT molecular complexity index is 889. The summed E-state index contributed by atoms with van der Waals surface area (Å²) in [7, 11) is 0. The Labute approximate surface area is 158 Å². The monoisotopic (exact) mass is 368 g/mol. The third-order valence-corrected chi connectivity index (χ3v) is 4.61. The number of aromatic carboxylic acids is 1. The minimum absolute atomic E-state index is 0.0891. The molecule has 7 heteroatoms. The van der Waals surface area contributed by atoms with E-state index in [-0.39, 0.29) is 17.5 Å². The number of nitrogens with zero attached hydrogens (tertiary/aromatic N) is 4. The molecule has 1 aliphatic heterocycles. The molecule has 1 N–H and O–H groups in total. The van der Waals surface area contributed by atoms with Crippen LogP contribution in [0.3, 0.4) is 0 Å². The molecule has 0 saturated carbocycles. The molecule has 7 nitrogen and oxygen atoms in total. The van der Waals surface area contributed by atoms with Crippen LogP contribution in [-0.2, 0) is 4.79 Å². The molecule has 27 heavy (non-hydrogen) atoms. The molecule has 1 atom stereocenters. The molecule has 3 rings (SSSR count). The molecule has 0 radical (unpaired) electrons. The summed E-state index contributed by atoms with van der Waals surface area (Å²) in [6.45, 7) is 8.31. The average molecular weight is 368 g/mol. The highest BCUT2D eigenvalue weighted by Crippen LogP contribution is 2.34. The lowest BCUT2D eigenvalue weighted by Crippen LogP contribution is -2.39. The Hall–Kier alpha value is -2.83. The third-order valence-electron chi connectivity index (χ3n) is 4.61. The van der Waals surface area contributed by atoms with Gasteiger partial charge >= 0.3 is 5.97 Å². The predicted molar refractivity (Wildman–Crippen MR) is 100 cm³/mol. The molecule has 1 amide bonds. The van der Waals surface area contributed by atoms with Gasteiger partial charge in [0.05, 0.1) is 17.3 Å². The quantitative estimate of drug-likeness (QED) is 0.893. The van der Waals surface area contributed by atoms with Crippen LogP contribution in [-0.4, -0.2) is 43.4 Å². The van der Waals surface area contributed by atoms with Crippen LogP contribution in [0.25, 0.3) is 11.3 Å². The number of aryl methyl sites for hydroxylation is 1. The molecule has 1 saturated heterocycles. The molecule has 1 unspecified atom stereocenters. The summed E-state index contributed by atoms with van der Waals surface area (Å²) in [5.74, 6) is -0.347. The van der Waals surface area contributed by atoms with Crippen molar-refractivity contribution in [2.24, 2.45) is 5.41 Å². The number of pyridine rings is 1. The Morgan fingerprint density at radius 2 is 1.93 bits per heavy atom. The van der Waals surface area contributed by atoms with Gasteiger partial charge in [0.2, 0.25) is 5.91 Å². The first-order chi connectivity index (χ1) is 12.7. The van der Waals surface area contributed by atoms with Crippen molar-refractivity contribution >= 4 is 11.9 Å². The molecule has 2 aromatic rings. The first-order valence-corrected chi connectivity index (χ1v) is 9.02. The van der Waals surface area contributed by atoms with Crippen molar-refractivity contribution in [3.05, 3.63) is 41.6 Å². The standard InChI is InChI=1S/C20H24N4O3/c1-12-8-15(13-9-14(18(25)26)11-21-10-13)23-17(22-12)16-6-5-7-24(16)19(27)20(2,3)4/h8-11,16H,5-7H2,1-4H3,(H,25,26). The number of hydrogen-bond acceptors (Lipinski definition) is 5. The van der Waals surface area contributed by atoms with Crippen molar-refractivity contribution in [2.75, 3.05) is 6.54 Å². The second-order valence-corrected chi connectivity index (χ2v) is 7.93. The first kappa shape index (κ1) is 18.9. The van der Waals surface area contributed by atoms with Gasteiger partial charge in [0.15, 0.2) is 5.82 Å². The second kappa shape index (κ2) is 7.06. The topological polar surface area (TPSA) is 96.3 Å². The van der Waals surface area contributed by atoms with Crippen LogP contribution in [0, 0.1) is 12.3 Å². The highest BCUT2D eigenvalue weighted by Gasteiger charge is 2.37. The van der Waals surface area contributed by atoms with Crippen LogP contribution in [0.5, 0.6) is 0 Å². The summed E-state index contributed by atoms with van der Waals surface area (Å²) < 4.78 is 0. The highest BCUT2D eigenvalue weighted by atomic mass is 16.4. The lowest BCUT2D eigenvalue weighted by Gasteiger charge is -2.30. The van der Waals surface area contributed by atoms with Crippen molar-refractivity contribution < 1.29 is 14.7 Å². The summed E-state index contributed by atoms with van der Waals surface area (Å²) in [5, 5.41) is 9.19. The van der Waals surface area contributed by atoms with Crippen molar-refractivity contribution in [3.63, 3.8) is 0 Å². The maximum absolute atomic E-state index is 12.8. The molecule has 2 aromatic heterocycles. The zero-order valence-corrected chi connectivity index (χ0v) is 16.1. The minimum atomic E-state index is -1.03. The number of aromatic nitrogens is 3. The van der Waals surface area contributed by atoms with E-state index in [0.29, 0.717) is 23.6 Å². The molecular weight excluding hydrogens is 344 g/mol. The number of rotatable bonds is 3. The van der Waals surface area contributed by atoms with Gasteiger partial charge in [0.25, 0.3) is 0 Å². The summed E-state index contributed by atoms with van der Waals surface area (Å²) in [5.41, 5.74) is 1.65. The molecule has 1 aliphatic rings. The maximum atomic E-state index is 12.8. The minimum Gasteiger partial charge on any atom is -0.478 e. The normalized spacial score (nSPS) is 17.2. The van der Waals surface area contributed by atoms with Gasteiger partial charge in [0.1, 0.15) is 0 Å². The number of amides is 1. The molecule has 0 bridgehead atoms. The summed E-state index contributed by atoms with van der Waals surface area (Å²) in [4.78, 5) is 39.1. The van der Waals surface area contributed by atoms with Gasteiger partial charge < -0.3 is 10.0 Å². The molecule has 0 spiro atoms. The van der Waals surface area contributed by atoms with Crippen molar-refractivity contribution in [1.82, 2.24) is 19.9 Å². The molecule has 142 valence electrons. The maximum Gasteiger partial charge on any atom is 0.337 e. The van der Waals surface area contributed by atoms with E-state index in [1.54, 1.807) is 18.3 Å². The molecule has 3 heterocycles. The van der Waals surface area contributed by atoms with Crippen molar-refractivity contribution in [3.8, 4) is 11.3 Å². The highest BCUT2D eigenvalue weighted by molar-refractivity contribution is 5.88. The van der Waals surface area contributed by atoms with E-state index in [1.807, 2.05) is 32.6 Å². The fourth-order valence-corrected chi connectivity index (χ4v) is 3.29. The number of likely N-dealkylation sites (tertiary alicyclic amines) is 1. The van der Waals surface area contributed by atoms with E-state index in [2.05, 4.69) is 15.0 Å². The number of hydrogen-bond donors (Lipinski definition) is 1. The van der Waals surface area contributed by atoms with Gasteiger partial charge in [-0.25, -0.2) is 14.8 Å². The fourth-order valence-electron chi connectivity index (χ4n) is 3.29. The molecule has 0 aliphatic carbocycles. The molecule has 0 aromatic carbocycles. The predicted octanol–water partition coefficient (Wildman–Crippen LogP) is 3.25. The zero-order valence-electron chi connectivity index (χ0n) is 16.1. The third kappa shape index (κ3) is 3.97.